The fraction of sp³-hybridized carbons (Fsp3) is 0. The summed E-state index contributed by atoms with van der Waals surface area (Å²) in [6.45, 7) is 0. The average molecular weight is 449 g/mol. The van der Waals surface area contributed by atoms with Gasteiger partial charge in [0.1, 0.15) is 5.82 Å². The molecule has 4 aromatic carbocycles. The highest BCUT2D eigenvalue weighted by atomic mass is 15.1. The first-order valence-electron chi connectivity index (χ1n) is 11.6. The van der Waals surface area contributed by atoms with Crippen LogP contribution in [0.2, 0.25) is 0 Å². The molecule has 0 saturated heterocycles. The number of rotatable bonds is 3. The van der Waals surface area contributed by atoms with Gasteiger partial charge in [-0.3, -0.25) is 9.55 Å². The topological polar surface area (TPSA) is 43.6 Å². The van der Waals surface area contributed by atoms with E-state index in [0.717, 1.165) is 61.2 Å². The Kier molecular flexibility index (Phi) is 4.42. The van der Waals surface area contributed by atoms with Crippen LogP contribution in [0.4, 0.5) is 0 Å². The SMILES string of the molecule is c1ccc(-n2c(-c3ccc(-c4ccc5ccc6cccnc6c5n4)cc3)nc3ccccc32)cc1. The number of benzene rings is 4. The van der Waals surface area contributed by atoms with Crippen LogP contribution in [0.5, 0.6) is 0 Å². The molecule has 0 N–H and O–H groups in total. The number of hydrogen-bond acceptors (Lipinski definition) is 3. The van der Waals surface area contributed by atoms with Crippen LogP contribution in [0.3, 0.4) is 0 Å². The molecule has 3 aromatic heterocycles. The Balaban J connectivity index is 1.35. The summed E-state index contributed by atoms with van der Waals surface area (Å²) < 4.78 is 2.22. The zero-order chi connectivity index (χ0) is 23.2. The molecule has 164 valence electrons. The van der Waals surface area contributed by atoms with Gasteiger partial charge in [0.15, 0.2) is 0 Å². The normalized spacial score (nSPS) is 11.4. The first-order valence-corrected chi connectivity index (χ1v) is 11.6. The first-order chi connectivity index (χ1) is 17.3. The summed E-state index contributed by atoms with van der Waals surface area (Å²) in [5, 5.41) is 2.19. The van der Waals surface area contributed by atoms with Gasteiger partial charge in [0.2, 0.25) is 0 Å². The molecule has 4 nitrogen and oxygen atoms in total. The fourth-order valence-corrected chi connectivity index (χ4v) is 4.73. The Hall–Kier alpha value is -4.83. The third kappa shape index (κ3) is 3.27. The number of imidazole rings is 1. The van der Waals surface area contributed by atoms with Crippen molar-refractivity contribution in [2.45, 2.75) is 0 Å². The molecule has 35 heavy (non-hydrogen) atoms. The second-order valence-electron chi connectivity index (χ2n) is 8.58. The molecular formula is C31H20N4. The number of fused-ring (bicyclic) bond motifs is 4. The molecular weight excluding hydrogens is 428 g/mol. The Morgan fingerprint density at radius 1 is 0.514 bits per heavy atom. The van der Waals surface area contributed by atoms with E-state index in [1.54, 1.807) is 0 Å². The number of hydrogen-bond donors (Lipinski definition) is 0. The summed E-state index contributed by atoms with van der Waals surface area (Å²) in [6, 6.07) is 39.6. The van der Waals surface area contributed by atoms with E-state index in [0.29, 0.717) is 0 Å². The number of pyridine rings is 2. The molecule has 7 rings (SSSR count). The van der Waals surface area contributed by atoms with Crippen LogP contribution >= 0.6 is 0 Å². The Bertz CT molecular complexity index is 1830. The quantitative estimate of drug-likeness (QED) is 0.264. The average Bonchev–Trinajstić information content (AvgIpc) is 3.33. The van der Waals surface area contributed by atoms with Gasteiger partial charge >= 0.3 is 0 Å². The van der Waals surface area contributed by atoms with Crippen LogP contribution in [0.25, 0.3) is 61.2 Å². The predicted molar refractivity (Wildman–Crippen MR) is 143 cm³/mol. The van der Waals surface area contributed by atoms with Crippen LogP contribution in [-0.2, 0) is 0 Å². The van der Waals surface area contributed by atoms with Crippen molar-refractivity contribution in [3.63, 3.8) is 0 Å². The zero-order valence-electron chi connectivity index (χ0n) is 18.8. The largest absolute Gasteiger partial charge is 0.292 e. The third-order valence-corrected chi connectivity index (χ3v) is 6.45. The van der Waals surface area contributed by atoms with Crippen LogP contribution in [0.15, 0.2) is 121 Å². The second kappa shape index (κ2) is 7.89. The molecule has 0 bridgehead atoms. The maximum Gasteiger partial charge on any atom is 0.145 e. The maximum atomic E-state index is 4.99. The van der Waals surface area contributed by atoms with E-state index >= 15 is 0 Å². The van der Waals surface area contributed by atoms with Crippen molar-refractivity contribution >= 4 is 32.8 Å². The van der Waals surface area contributed by atoms with Gasteiger partial charge in [-0.05, 0) is 36.4 Å². The Morgan fingerprint density at radius 3 is 2.09 bits per heavy atom. The molecule has 0 amide bonds. The van der Waals surface area contributed by atoms with Crippen molar-refractivity contribution in [1.82, 2.24) is 19.5 Å². The molecule has 0 aliphatic carbocycles. The highest BCUT2D eigenvalue weighted by Gasteiger charge is 2.14. The van der Waals surface area contributed by atoms with Crippen molar-refractivity contribution in [2.24, 2.45) is 0 Å². The molecule has 0 saturated carbocycles. The molecule has 4 heteroatoms. The lowest BCUT2D eigenvalue weighted by Gasteiger charge is -2.10. The van der Waals surface area contributed by atoms with Gasteiger partial charge in [-0.1, -0.05) is 78.9 Å². The van der Waals surface area contributed by atoms with Crippen LogP contribution in [-0.4, -0.2) is 19.5 Å². The standard InChI is InChI=1S/C31H20N4/c1-2-8-25(9-3-1)35-28-11-5-4-10-27(28)34-31(35)24-16-12-21(13-17-24)26-19-18-23-15-14-22-7-6-20-32-29(22)30(23)33-26/h1-20H. The Morgan fingerprint density at radius 2 is 1.23 bits per heavy atom. The van der Waals surface area contributed by atoms with E-state index in [-0.39, 0.29) is 0 Å². The van der Waals surface area contributed by atoms with E-state index in [1.165, 1.54) is 0 Å². The summed E-state index contributed by atoms with van der Waals surface area (Å²) in [5.74, 6) is 0.922. The highest BCUT2D eigenvalue weighted by Crippen LogP contribution is 2.31. The number of para-hydroxylation sites is 3. The van der Waals surface area contributed by atoms with Crippen molar-refractivity contribution in [3.05, 3.63) is 121 Å². The minimum atomic E-state index is 0.922. The summed E-state index contributed by atoms with van der Waals surface area (Å²) in [6.07, 6.45) is 1.82. The molecule has 0 aliphatic rings. The van der Waals surface area contributed by atoms with Gasteiger partial charge in [-0.15, -0.1) is 0 Å². The fourth-order valence-electron chi connectivity index (χ4n) is 4.73. The van der Waals surface area contributed by atoms with Crippen LogP contribution in [0, 0.1) is 0 Å². The van der Waals surface area contributed by atoms with E-state index < -0.39 is 0 Å². The number of nitrogens with zero attached hydrogens (tertiary/aromatic N) is 4. The van der Waals surface area contributed by atoms with Gasteiger partial charge in [-0.25, -0.2) is 9.97 Å². The minimum Gasteiger partial charge on any atom is -0.292 e. The highest BCUT2D eigenvalue weighted by molar-refractivity contribution is 6.03. The van der Waals surface area contributed by atoms with Crippen molar-refractivity contribution in [2.75, 3.05) is 0 Å². The minimum absolute atomic E-state index is 0.922. The summed E-state index contributed by atoms with van der Waals surface area (Å²) >= 11 is 0. The summed E-state index contributed by atoms with van der Waals surface area (Å²) in [4.78, 5) is 14.6. The van der Waals surface area contributed by atoms with Crippen LogP contribution in [0.1, 0.15) is 0 Å². The van der Waals surface area contributed by atoms with Crippen molar-refractivity contribution in [1.29, 1.82) is 0 Å². The van der Waals surface area contributed by atoms with E-state index in [9.17, 15) is 0 Å². The lowest BCUT2D eigenvalue weighted by Crippen LogP contribution is -1.97. The molecule has 0 unspecified atom stereocenters. The van der Waals surface area contributed by atoms with Gasteiger partial charge in [0, 0.05) is 33.8 Å². The third-order valence-electron chi connectivity index (χ3n) is 6.45. The summed E-state index contributed by atoms with van der Waals surface area (Å²) in [5.41, 5.74) is 8.07. The molecule has 0 radical (unpaired) electrons. The molecule has 0 fully saturated rings. The van der Waals surface area contributed by atoms with E-state index in [4.69, 9.17) is 9.97 Å². The Labute approximate surface area is 202 Å². The number of aromatic nitrogens is 4. The zero-order valence-corrected chi connectivity index (χ0v) is 18.8. The van der Waals surface area contributed by atoms with Crippen molar-refractivity contribution < 1.29 is 0 Å². The van der Waals surface area contributed by atoms with E-state index in [2.05, 4.69) is 107 Å². The van der Waals surface area contributed by atoms with E-state index in [1.807, 2.05) is 24.4 Å². The first kappa shape index (κ1) is 19.6. The maximum absolute atomic E-state index is 4.99. The summed E-state index contributed by atoms with van der Waals surface area (Å²) in [7, 11) is 0. The molecule has 0 atom stereocenters. The van der Waals surface area contributed by atoms with Gasteiger partial charge < -0.3 is 0 Å². The monoisotopic (exact) mass is 448 g/mol. The molecule has 0 aliphatic heterocycles. The molecule has 3 heterocycles. The lowest BCUT2D eigenvalue weighted by molar-refractivity contribution is 1.10. The predicted octanol–water partition coefficient (Wildman–Crippen LogP) is 7.46. The second-order valence-corrected chi connectivity index (χ2v) is 8.58. The van der Waals surface area contributed by atoms with Crippen LogP contribution < -0.4 is 0 Å². The van der Waals surface area contributed by atoms with Gasteiger partial charge in [-0.2, -0.15) is 0 Å². The lowest BCUT2D eigenvalue weighted by atomic mass is 10.1. The van der Waals surface area contributed by atoms with Gasteiger partial charge in [0.25, 0.3) is 0 Å². The smallest absolute Gasteiger partial charge is 0.145 e. The van der Waals surface area contributed by atoms with Crippen molar-refractivity contribution in [3.8, 4) is 28.3 Å². The molecule has 0 spiro atoms. The molecule has 7 aromatic rings. The van der Waals surface area contributed by atoms with Gasteiger partial charge in [0.05, 0.1) is 27.8 Å².